The second-order valence-corrected chi connectivity index (χ2v) is 5.31. The van der Waals surface area contributed by atoms with Crippen molar-refractivity contribution >= 4 is 5.91 Å². The normalized spacial score (nSPS) is 29.8. The lowest BCUT2D eigenvalue weighted by Crippen LogP contribution is -2.57. The fourth-order valence-corrected chi connectivity index (χ4v) is 2.85. The highest BCUT2D eigenvalue weighted by molar-refractivity contribution is 5.82. The molecule has 5 nitrogen and oxygen atoms in total. The highest BCUT2D eigenvalue weighted by Gasteiger charge is 2.31. The Morgan fingerprint density at radius 2 is 2.28 bits per heavy atom. The summed E-state index contributed by atoms with van der Waals surface area (Å²) in [5.41, 5.74) is 0. The van der Waals surface area contributed by atoms with E-state index in [4.69, 9.17) is 4.74 Å². The monoisotopic (exact) mass is 255 g/mol. The molecule has 2 saturated heterocycles. The van der Waals surface area contributed by atoms with Gasteiger partial charge in [0.25, 0.3) is 0 Å². The van der Waals surface area contributed by atoms with Crippen molar-refractivity contribution in [2.24, 2.45) is 0 Å². The Morgan fingerprint density at radius 1 is 1.44 bits per heavy atom. The van der Waals surface area contributed by atoms with Gasteiger partial charge >= 0.3 is 0 Å². The van der Waals surface area contributed by atoms with Gasteiger partial charge in [-0.2, -0.15) is 0 Å². The zero-order chi connectivity index (χ0) is 13.0. The topological polar surface area (TPSA) is 44.8 Å². The van der Waals surface area contributed by atoms with Gasteiger partial charge in [-0.25, -0.2) is 0 Å². The van der Waals surface area contributed by atoms with Gasteiger partial charge in [-0.15, -0.1) is 0 Å². The quantitative estimate of drug-likeness (QED) is 0.763. The van der Waals surface area contributed by atoms with Crippen molar-refractivity contribution < 1.29 is 9.53 Å². The van der Waals surface area contributed by atoms with E-state index in [1.54, 1.807) is 7.11 Å². The molecule has 18 heavy (non-hydrogen) atoms. The average molecular weight is 255 g/mol. The van der Waals surface area contributed by atoms with E-state index in [0.29, 0.717) is 11.9 Å². The number of carbonyl (C=O) groups excluding carboxylic acids is 1. The number of ether oxygens (including phenoxy) is 1. The first kappa shape index (κ1) is 13.8. The molecule has 104 valence electrons. The molecule has 0 aromatic carbocycles. The molecule has 0 aromatic heterocycles. The standard InChI is InChI=1S/C13H25N3O2/c1-11-10-16(7-6-15(11)8-9-18-2)13(17)12-4-3-5-14-12/h11-12,14H,3-10H2,1-2H3. The van der Waals surface area contributed by atoms with Crippen LogP contribution >= 0.6 is 0 Å². The average Bonchev–Trinajstić information content (AvgIpc) is 2.90. The van der Waals surface area contributed by atoms with Crippen LogP contribution in [-0.4, -0.2) is 74.2 Å². The summed E-state index contributed by atoms with van der Waals surface area (Å²) in [6.07, 6.45) is 2.12. The number of hydrogen-bond acceptors (Lipinski definition) is 4. The van der Waals surface area contributed by atoms with Crippen molar-refractivity contribution in [1.29, 1.82) is 0 Å². The first-order valence-corrected chi connectivity index (χ1v) is 6.97. The van der Waals surface area contributed by atoms with Crippen molar-refractivity contribution in [2.45, 2.75) is 31.8 Å². The van der Waals surface area contributed by atoms with E-state index in [1.807, 2.05) is 4.90 Å². The molecule has 0 aromatic rings. The summed E-state index contributed by atoms with van der Waals surface area (Å²) in [4.78, 5) is 16.7. The van der Waals surface area contributed by atoms with Crippen LogP contribution in [-0.2, 0) is 9.53 Å². The summed E-state index contributed by atoms with van der Waals surface area (Å²) in [6.45, 7) is 7.57. The van der Waals surface area contributed by atoms with Gasteiger partial charge in [0.15, 0.2) is 0 Å². The van der Waals surface area contributed by atoms with Gasteiger partial charge in [0.1, 0.15) is 0 Å². The highest BCUT2D eigenvalue weighted by Crippen LogP contribution is 2.14. The van der Waals surface area contributed by atoms with Crippen molar-refractivity contribution in [3.63, 3.8) is 0 Å². The van der Waals surface area contributed by atoms with Crippen molar-refractivity contribution in [3.8, 4) is 0 Å². The second kappa shape index (κ2) is 6.50. The Balaban J connectivity index is 1.81. The lowest BCUT2D eigenvalue weighted by atomic mass is 10.1. The summed E-state index contributed by atoms with van der Waals surface area (Å²) in [5.74, 6) is 0.297. The number of hydrogen-bond donors (Lipinski definition) is 1. The lowest BCUT2D eigenvalue weighted by molar-refractivity contribution is -0.136. The molecule has 0 radical (unpaired) electrons. The molecular formula is C13H25N3O2. The van der Waals surface area contributed by atoms with Gasteiger partial charge in [0, 0.05) is 39.3 Å². The van der Waals surface area contributed by atoms with Crippen molar-refractivity contribution in [3.05, 3.63) is 0 Å². The fraction of sp³-hybridized carbons (Fsp3) is 0.923. The minimum absolute atomic E-state index is 0.0720. The maximum atomic E-state index is 12.3. The molecule has 0 saturated carbocycles. The van der Waals surface area contributed by atoms with Gasteiger partial charge in [0.2, 0.25) is 5.91 Å². The molecule has 2 aliphatic heterocycles. The number of nitrogens with one attached hydrogen (secondary N) is 1. The van der Waals surface area contributed by atoms with Crippen LogP contribution in [0.3, 0.4) is 0 Å². The van der Waals surface area contributed by atoms with Crippen LogP contribution in [0.2, 0.25) is 0 Å². The summed E-state index contributed by atoms with van der Waals surface area (Å²) >= 11 is 0. The Morgan fingerprint density at radius 3 is 2.89 bits per heavy atom. The van der Waals surface area contributed by atoms with E-state index in [-0.39, 0.29) is 6.04 Å². The van der Waals surface area contributed by atoms with Gasteiger partial charge in [-0.05, 0) is 26.3 Å². The molecule has 1 amide bonds. The SMILES string of the molecule is COCCN1CCN(C(=O)C2CCCN2)CC1C. The van der Waals surface area contributed by atoms with Crippen LogP contribution in [0.15, 0.2) is 0 Å². The van der Waals surface area contributed by atoms with E-state index in [0.717, 1.165) is 52.2 Å². The van der Waals surface area contributed by atoms with Crippen LogP contribution in [0, 0.1) is 0 Å². The minimum atomic E-state index is 0.0720. The number of carbonyl (C=O) groups is 1. The third-order valence-corrected chi connectivity index (χ3v) is 4.02. The second-order valence-electron chi connectivity index (χ2n) is 5.31. The van der Waals surface area contributed by atoms with E-state index >= 15 is 0 Å². The molecule has 2 heterocycles. The number of methoxy groups -OCH3 is 1. The Bertz CT molecular complexity index is 279. The largest absolute Gasteiger partial charge is 0.383 e. The van der Waals surface area contributed by atoms with E-state index < -0.39 is 0 Å². The van der Waals surface area contributed by atoms with Crippen LogP contribution in [0.25, 0.3) is 0 Å². The number of nitrogens with zero attached hydrogens (tertiary/aromatic N) is 2. The first-order valence-electron chi connectivity index (χ1n) is 6.97. The van der Waals surface area contributed by atoms with Gasteiger partial charge in [-0.1, -0.05) is 0 Å². The number of amides is 1. The van der Waals surface area contributed by atoms with Gasteiger partial charge in [0.05, 0.1) is 12.6 Å². The molecule has 2 atom stereocenters. The Labute approximate surface area is 109 Å². The summed E-state index contributed by atoms with van der Waals surface area (Å²) < 4.78 is 5.12. The molecular weight excluding hydrogens is 230 g/mol. The lowest BCUT2D eigenvalue weighted by Gasteiger charge is -2.40. The van der Waals surface area contributed by atoms with Crippen molar-refractivity contribution in [2.75, 3.05) is 46.4 Å². The molecule has 2 rings (SSSR count). The van der Waals surface area contributed by atoms with Crippen LogP contribution in [0.1, 0.15) is 19.8 Å². The predicted octanol–water partition coefficient (Wildman–Crippen LogP) is -0.0825. The zero-order valence-corrected chi connectivity index (χ0v) is 11.5. The molecule has 2 unspecified atom stereocenters. The summed E-state index contributed by atoms with van der Waals surface area (Å²) in [6, 6.07) is 0.502. The van der Waals surface area contributed by atoms with E-state index in [9.17, 15) is 4.79 Å². The van der Waals surface area contributed by atoms with Crippen molar-refractivity contribution in [1.82, 2.24) is 15.1 Å². The van der Waals surface area contributed by atoms with E-state index in [2.05, 4.69) is 17.1 Å². The van der Waals surface area contributed by atoms with Gasteiger partial charge in [-0.3, -0.25) is 9.69 Å². The van der Waals surface area contributed by atoms with E-state index in [1.165, 1.54) is 0 Å². The van der Waals surface area contributed by atoms with Crippen LogP contribution < -0.4 is 5.32 Å². The summed E-state index contributed by atoms with van der Waals surface area (Å²) in [7, 11) is 1.73. The molecule has 5 heteroatoms. The molecule has 0 aliphatic carbocycles. The molecule has 2 fully saturated rings. The van der Waals surface area contributed by atoms with Crippen LogP contribution in [0.4, 0.5) is 0 Å². The summed E-state index contributed by atoms with van der Waals surface area (Å²) in [5, 5.41) is 3.29. The molecule has 1 N–H and O–H groups in total. The number of piperazine rings is 1. The highest BCUT2D eigenvalue weighted by atomic mass is 16.5. The maximum absolute atomic E-state index is 12.3. The minimum Gasteiger partial charge on any atom is -0.383 e. The first-order chi connectivity index (χ1) is 8.72. The molecule has 0 bridgehead atoms. The van der Waals surface area contributed by atoms with Gasteiger partial charge < -0.3 is 15.0 Å². The Hall–Kier alpha value is -0.650. The molecule has 2 aliphatic rings. The number of rotatable bonds is 4. The predicted molar refractivity (Wildman–Crippen MR) is 70.5 cm³/mol. The zero-order valence-electron chi connectivity index (χ0n) is 11.5. The fourth-order valence-electron chi connectivity index (χ4n) is 2.85. The third kappa shape index (κ3) is 3.22. The van der Waals surface area contributed by atoms with Crippen LogP contribution in [0.5, 0.6) is 0 Å². The third-order valence-electron chi connectivity index (χ3n) is 4.02. The smallest absolute Gasteiger partial charge is 0.239 e. The maximum Gasteiger partial charge on any atom is 0.239 e. The molecule has 0 spiro atoms. The Kier molecular flexibility index (Phi) is 4.97.